The highest BCUT2D eigenvalue weighted by Crippen LogP contribution is 2.41. The van der Waals surface area contributed by atoms with Crippen LogP contribution in [0.3, 0.4) is 0 Å². The summed E-state index contributed by atoms with van der Waals surface area (Å²) in [5.41, 5.74) is 1.76. The molecule has 5 nitrogen and oxygen atoms in total. The number of rotatable bonds is 4. The normalized spacial score (nSPS) is 18.4. The molecule has 2 heterocycles. The summed E-state index contributed by atoms with van der Waals surface area (Å²) in [4.78, 5) is 22.2. The standard InChI is InChI=1S/C22H15F5N4O/c1-31-20(32)22(30-21(31)28,17-8-4-7-16(29-17)19(26)27)11-9-13(18(25)15(24)10-11)12-5-2-3-6-14(12)23/h2-10,19H,1H3,(H2,28,30). The molecule has 3 aromatic rings. The van der Waals surface area contributed by atoms with Crippen LogP contribution in [0.15, 0.2) is 59.6 Å². The fourth-order valence-electron chi connectivity index (χ4n) is 3.59. The molecule has 164 valence electrons. The van der Waals surface area contributed by atoms with Crippen LogP contribution in [-0.4, -0.2) is 28.8 Å². The Labute approximate surface area is 179 Å². The van der Waals surface area contributed by atoms with Gasteiger partial charge in [-0.25, -0.2) is 31.9 Å². The highest BCUT2D eigenvalue weighted by atomic mass is 19.3. The molecule has 1 amide bonds. The summed E-state index contributed by atoms with van der Waals surface area (Å²) in [6.45, 7) is 0. The van der Waals surface area contributed by atoms with Crippen LogP contribution in [-0.2, 0) is 10.3 Å². The molecule has 1 aromatic heterocycles. The molecule has 0 saturated heterocycles. The Kier molecular flexibility index (Phi) is 5.15. The molecule has 2 aromatic carbocycles. The quantitative estimate of drug-likeness (QED) is 0.613. The van der Waals surface area contributed by atoms with Gasteiger partial charge in [-0.05, 0) is 35.9 Å². The van der Waals surface area contributed by atoms with Gasteiger partial charge in [0.15, 0.2) is 17.6 Å². The highest BCUT2D eigenvalue weighted by molar-refractivity contribution is 6.08. The summed E-state index contributed by atoms with van der Waals surface area (Å²) < 4.78 is 70.3. The number of nitrogens with zero attached hydrogens (tertiary/aromatic N) is 3. The second-order valence-electron chi connectivity index (χ2n) is 7.09. The largest absolute Gasteiger partial charge is 0.369 e. The molecule has 0 fully saturated rings. The number of hydrogen-bond acceptors (Lipinski definition) is 4. The van der Waals surface area contributed by atoms with E-state index < -0.39 is 46.6 Å². The molecule has 4 rings (SSSR count). The third-order valence-corrected chi connectivity index (χ3v) is 5.21. The van der Waals surface area contributed by atoms with Crippen molar-refractivity contribution in [3.8, 4) is 11.1 Å². The fourth-order valence-corrected chi connectivity index (χ4v) is 3.59. The van der Waals surface area contributed by atoms with Crippen molar-refractivity contribution in [1.82, 2.24) is 9.88 Å². The molecule has 1 aliphatic rings. The number of aliphatic imine (C=N–C) groups is 1. The Balaban J connectivity index is 2.04. The van der Waals surface area contributed by atoms with Gasteiger partial charge >= 0.3 is 0 Å². The molecular formula is C22H15F5N4O. The van der Waals surface area contributed by atoms with Gasteiger partial charge in [0.05, 0.1) is 5.69 Å². The Morgan fingerprint density at radius 3 is 2.31 bits per heavy atom. The SMILES string of the molecule is CN1C(=O)C(c2cc(F)c(F)c(-c3ccccc3F)c2)(c2cccc(C(F)F)n2)N=C1N. The summed E-state index contributed by atoms with van der Waals surface area (Å²) in [5.74, 6) is -4.66. The predicted molar refractivity (Wildman–Crippen MR) is 106 cm³/mol. The molecule has 0 radical (unpaired) electrons. The van der Waals surface area contributed by atoms with Crippen LogP contribution in [0.5, 0.6) is 0 Å². The molecule has 1 aliphatic heterocycles. The number of hydrogen-bond donors (Lipinski definition) is 1. The molecular weight excluding hydrogens is 431 g/mol. The summed E-state index contributed by atoms with van der Waals surface area (Å²) in [6.07, 6.45) is -2.96. The lowest BCUT2D eigenvalue weighted by Crippen LogP contribution is -2.41. The third kappa shape index (κ3) is 3.19. The van der Waals surface area contributed by atoms with Crippen LogP contribution < -0.4 is 5.73 Å². The lowest BCUT2D eigenvalue weighted by atomic mass is 9.84. The lowest BCUT2D eigenvalue weighted by Gasteiger charge is -2.26. The minimum Gasteiger partial charge on any atom is -0.369 e. The summed E-state index contributed by atoms with van der Waals surface area (Å²) in [5, 5.41) is 0. The molecule has 32 heavy (non-hydrogen) atoms. The van der Waals surface area contributed by atoms with Crippen LogP contribution in [0, 0.1) is 17.5 Å². The van der Waals surface area contributed by atoms with Gasteiger partial charge in [0.25, 0.3) is 12.3 Å². The fraction of sp³-hybridized carbons (Fsp3) is 0.136. The summed E-state index contributed by atoms with van der Waals surface area (Å²) in [6, 6.07) is 10.4. The predicted octanol–water partition coefficient (Wildman–Crippen LogP) is 4.13. The number of alkyl halides is 2. The topological polar surface area (TPSA) is 71.6 Å². The van der Waals surface area contributed by atoms with Crippen molar-refractivity contribution in [2.24, 2.45) is 10.7 Å². The minimum absolute atomic E-state index is 0.245. The van der Waals surface area contributed by atoms with E-state index in [9.17, 15) is 26.7 Å². The van der Waals surface area contributed by atoms with E-state index in [1.165, 1.54) is 37.4 Å². The van der Waals surface area contributed by atoms with Crippen molar-refractivity contribution in [1.29, 1.82) is 0 Å². The van der Waals surface area contributed by atoms with Gasteiger partial charge in [-0.2, -0.15) is 0 Å². The molecule has 10 heteroatoms. The lowest BCUT2D eigenvalue weighted by molar-refractivity contribution is -0.129. The average molecular weight is 446 g/mol. The molecule has 0 saturated carbocycles. The number of aromatic nitrogens is 1. The number of pyridine rings is 1. The van der Waals surface area contributed by atoms with Crippen molar-refractivity contribution in [3.05, 3.63) is 89.0 Å². The first-order valence-corrected chi connectivity index (χ1v) is 9.30. The number of halogens is 5. The molecule has 1 atom stereocenters. The molecule has 0 spiro atoms. The van der Waals surface area contributed by atoms with Gasteiger partial charge in [-0.3, -0.25) is 9.69 Å². The Bertz CT molecular complexity index is 1260. The van der Waals surface area contributed by atoms with Crippen LogP contribution in [0.2, 0.25) is 0 Å². The van der Waals surface area contributed by atoms with E-state index in [0.29, 0.717) is 6.07 Å². The van der Waals surface area contributed by atoms with Crippen molar-refractivity contribution in [2.75, 3.05) is 7.05 Å². The summed E-state index contributed by atoms with van der Waals surface area (Å²) >= 11 is 0. The van der Waals surface area contributed by atoms with E-state index in [0.717, 1.165) is 23.1 Å². The maximum atomic E-state index is 14.7. The van der Waals surface area contributed by atoms with Gasteiger partial charge in [0.2, 0.25) is 5.54 Å². The number of guanidine groups is 1. The van der Waals surface area contributed by atoms with Crippen molar-refractivity contribution in [3.63, 3.8) is 0 Å². The molecule has 1 unspecified atom stereocenters. The average Bonchev–Trinajstić information content (AvgIpc) is 3.01. The number of amides is 1. The van der Waals surface area contributed by atoms with E-state index in [1.54, 1.807) is 0 Å². The third-order valence-electron chi connectivity index (χ3n) is 5.21. The molecule has 2 N–H and O–H groups in total. The number of carbonyl (C=O) groups excluding carboxylic acids is 1. The number of nitrogens with two attached hydrogens (primary N) is 1. The second kappa shape index (κ2) is 7.70. The Hall–Kier alpha value is -3.82. The molecule has 0 aliphatic carbocycles. The first-order chi connectivity index (χ1) is 15.2. The Morgan fingerprint density at radius 2 is 1.69 bits per heavy atom. The molecule has 0 bridgehead atoms. The number of benzene rings is 2. The first-order valence-electron chi connectivity index (χ1n) is 9.30. The zero-order valence-corrected chi connectivity index (χ0v) is 16.5. The van der Waals surface area contributed by atoms with Crippen molar-refractivity contribution >= 4 is 11.9 Å². The van der Waals surface area contributed by atoms with Crippen molar-refractivity contribution < 1.29 is 26.7 Å². The Morgan fingerprint density at radius 1 is 0.969 bits per heavy atom. The van der Waals surface area contributed by atoms with Crippen molar-refractivity contribution in [2.45, 2.75) is 12.0 Å². The van der Waals surface area contributed by atoms with E-state index in [-0.39, 0.29) is 22.8 Å². The number of likely N-dealkylation sites (N-methyl/N-ethyl adjacent to an activating group) is 1. The maximum Gasteiger partial charge on any atom is 0.280 e. The highest BCUT2D eigenvalue weighted by Gasteiger charge is 2.51. The van der Waals surface area contributed by atoms with Crippen LogP contribution in [0.25, 0.3) is 11.1 Å². The van der Waals surface area contributed by atoms with Crippen LogP contribution in [0.1, 0.15) is 23.4 Å². The zero-order chi connectivity index (χ0) is 23.2. The first kappa shape index (κ1) is 21.4. The second-order valence-corrected chi connectivity index (χ2v) is 7.09. The van der Waals surface area contributed by atoms with E-state index in [2.05, 4.69) is 9.98 Å². The van der Waals surface area contributed by atoms with Gasteiger partial charge in [0, 0.05) is 18.2 Å². The van der Waals surface area contributed by atoms with E-state index in [1.807, 2.05) is 0 Å². The minimum atomic E-state index is -2.96. The smallest absolute Gasteiger partial charge is 0.280 e. The van der Waals surface area contributed by atoms with Gasteiger partial charge in [-0.1, -0.05) is 24.3 Å². The van der Waals surface area contributed by atoms with Gasteiger partial charge in [0.1, 0.15) is 11.5 Å². The zero-order valence-electron chi connectivity index (χ0n) is 16.5. The van der Waals surface area contributed by atoms with Gasteiger partial charge in [-0.15, -0.1) is 0 Å². The van der Waals surface area contributed by atoms with Crippen LogP contribution in [0.4, 0.5) is 22.0 Å². The monoisotopic (exact) mass is 446 g/mol. The van der Waals surface area contributed by atoms with E-state index >= 15 is 0 Å². The van der Waals surface area contributed by atoms with E-state index in [4.69, 9.17) is 5.73 Å². The maximum absolute atomic E-state index is 14.7. The number of carbonyl (C=O) groups is 1. The van der Waals surface area contributed by atoms with Crippen LogP contribution >= 0.6 is 0 Å². The van der Waals surface area contributed by atoms with Gasteiger partial charge < -0.3 is 5.73 Å². The summed E-state index contributed by atoms with van der Waals surface area (Å²) in [7, 11) is 1.29.